The molecular formula is C13H23N3O2S. The zero-order valence-electron chi connectivity index (χ0n) is 11.9. The van der Waals surface area contributed by atoms with E-state index in [4.69, 9.17) is 10.8 Å². The van der Waals surface area contributed by atoms with E-state index in [1.54, 1.807) is 5.38 Å². The van der Waals surface area contributed by atoms with Crippen molar-refractivity contribution < 1.29 is 9.90 Å². The van der Waals surface area contributed by atoms with Gasteiger partial charge in [0.25, 0.3) is 0 Å². The Bertz CT molecular complexity index is 410. The molecule has 0 radical (unpaired) electrons. The van der Waals surface area contributed by atoms with Crippen LogP contribution in [0, 0.1) is 17.8 Å². The maximum atomic E-state index is 10.8. The standard InChI is InChI=1S/C13H23N3O2S/c1-7(2)9(8(3)4)5-15-13-16-10(6-19-13)11(14)12(17)18/h6-9,11H,5,14H2,1-4H3,(H,15,16)(H,17,18). The lowest BCUT2D eigenvalue weighted by Crippen LogP contribution is -2.24. The molecule has 1 heterocycles. The highest BCUT2D eigenvalue weighted by atomic mass is 32.1. The summed E-state index contributed by atoms with van der Waals surface area (Å²) in [7, 11) is 0. The first-order valence-corrected chi connectivity index (χ1v) is 7.38. The third-order valence-electron chi connectivity index (χ3n) is 3.31. The van der Waals surface area contributed by atoms with Crippen LogP contribution in [0.15, 0.2) is 5.38 Å². The molecule has 0 aliphatic rings. The van der Waals surface area contributed by atoms with Crippen molar-refractivity contribution in [2.45, 2.75) is 33.7 Å². The Balaban J connectivity index is 2.61. The summed E-state index contributed by atoms with van der Waals surface area (Å²) in [6.07, 6.45) is 0. The quantitative estimate of drug-likeness (QED) is 0.716. The van der Waals surface area contributed by atoms with Gasteiger partial charge in [0.1, 0.15) is 6.04 Å². The number of anilines is 1. The van der Waals surface area contributed by atoms with Crippen LogP contribution in [0.25, 0.3) is 0 Å². The highest BCUT2D eigenvalue weighted by Gasteiger charge is 2.20. The van der Waals surface area contributed by atoms with E-state index >= 15 is 0 Å². The van der Waals surface area contributed by atoms with Crippen LogP contribution in [-0.2, 0) is 4.79 Å². The maximum Gasteiger partial charge on any atom is 0.326 e. The second kappa shape index (κ2) is 6.86. The first kappa shape index (κ1) is 15.9. The predicted molar refractivity (Wildman–Crippen MR) is 78.3 cm³/mol. The zero-order chi connectivity index (χ0) is 14.6. The summed E-state index contributed by atoms with van der Waals surface area (Å²) in [4.78, 5) is 15.0. The summed E-state index contributed by atoms with van der Waals surface area (Å²) in [5.74, 6) is 0.681. The predicted octanol–water partition coefficient (Wildman–Crippen LogP) is 2.57. The van der Waals surface area contributed by atoms with E-state index in [1.165, 1.54) is 11.3 Å². The van der Waals surface area contributed by atoms with E-state index in [2.05, 4.69) is 38.0 Å². The van der Waals surface area contributed by atoms with Gasteiger partial charge in [-0.15, -0.1) is 11.3 Å². The summed E-state index contributed by atoms with van der Waals surface area (Å²) >= 11 is 1.40. The number of carboxylic acid groups (broad SMARTS) is 1. The number of hydrogen-bond donors (Lipinski definition) is 3. The van der Waals surface area contributed by atoms with Gasteiger partial charge in [-0.25, -0.2) is 4.98 Å². The summed E-state index contributed by atoms with van der Waals surface area (Å²) in [5.41, 5.74) is 5.93. The van der Waals surface area contributed by atoms with Crippen molar-refractivity contribution >= 4 is 22.4 Å². The molecule has 0 saturated heterocycles. The number of thiazole rings is 1. The molecule has 5 nitrogen and oxygen atoms in total. The molecule has 1 rings (SSSR count). The van der Waals surface area contributed by atoms with Crippen molar-refractivity contribution in [2.24, 2.45) is 23.5 Å². The van der Waals surface area contributed by atoms with Gasteiger partial charge in [-0.05, 0) is 17.8 Å². The topological polar surface area (TPSA) is 88.2 Å². The Morgan fingerprint density at radius 2 is 2.00 bits per heavy atom. The number of nitrogens with zero attached hydrogens (tertiary/aromatic N) is 1. The highest BCUT2D eigenvalue weighted by molar-refractivity contribution is 7.13. The summed E-state index contributed by atoms with van der Waals surface area (Å²) in [5, 5.41) is 14.5. The highest BCUT2D eigenvalue weighted by Crippen LogP contribution is 2.24. The summed E-state index contributed by atoms with van der Waals surface area (Å²) in [6.45, 7) is 9.67. The Morgan fingerprint density at radius 3 is 2.47 bits per heavy atom. The lowest BCUT2D eigenvalue weighted by atomic mass is 9.86. The first-order chi connectivity index (χ1) is 8.82. The molecule has 6 heteroatoms. The van der Waals surface area contributed by atoms with Crippen molar-refractivity contribution in [2.75, 3.05) is 11.9 Å². The third kappa shape index (κ3) is 4.47. The molecule has 19 heavy (non-hydrogen) atoms. The number of nitrogens with two attached hydrogens (primary N) is 1. The van der Waals surface area contributed by atoms with Crippen LogP contribution in [0.1, 0.15) is 39.4 Å². The zero-order valence-corrected chi connectivity index (χ0v) is 12.7. The Labute approximate surface area is 118 Å². The normalized spacial score (nSPS) is 13.3. The van der Waals surface area contributed by atoms with Crippen molar-refractivity contribution in [1.82, 2.24) is 4.98 Å². The fourth-order valence-electron chi connectivity index (χ4n) is 2.08. The summed E-state index contributed by atoms with van der Waals surface area (Å²) < 4.78 is 0. The van der Waals surface area contributed by atoms with Gasteiger partial charge in [0, 0.05) is 11.9 Å². The molecule has 0 bridgehead atoms. The second-order valence-corrected chi connectivity index (χ2v) is 6.28. The van der Waals surface area contributed by atoms with Gasteiger partial charge >= 0.3 is 5.97 Å². The maximum absolute atomic E-state index is 10.8. The van der Waals surface area contributed by atoms with Gasteiger partial charge in [-0.1, -0.05) is 27.7 Å². The largest absolute Gasteiger partial charge is 0.480 e. The molecule has 0 aliphatic carbocycles. The van der Waals surface area contributed by atoms with Gasteiger partial charge in [-0.2, -0.15) is 0 Å². The number of aromatic nitrogens is 1. The number of carbonyl (C=O) groups is 1. The fourth-order valence-corrected chi connectivity index (χ4v) is 2.84. The van der Waals surface area contributed by atoms with Crippen LogP contribution in [0.5, 0.6) is 0 Å². The van der Waals surface area contributed by atoms with Gasteiger partial charge in [-0.3, -0.25) is 4.79 Å². The van der Waals surface area contributed by atoms with Crippen molar-refractivity contribution in [3.63, 3.8) is 0 Å². The minimum atomic E-state index is -1.06. The van der Waals surface area contributed by atoms with E-state index < -0.39 is 12.0 Å². The monoisotopic (exact) mass is 285 g/mol. The van der Waals surface area contributed by atoms with E-state index in [0.717, 1.165) is 11.7 Å². The van der Waals surface area contributed by atoms with Crippen LogP contribution >= 0.6 is 11.3 Å². The van der Waals surface area contributed by atoms with E-state index in [9.17, 15) is 4.79 Å². The smallest absolute Gasteiger partial charge is 0.326 e. The van der Waals surface area contributed by atoms with E-state index in [1.807, 2.05) is 0 Å². The van der Waals surface area contributed by atoms with Gasteiger partial charge in [0.2, 0.25) is 0 Å². The molecule has 1 aromatic rings. The molecule has 4 N–H and O–H groups in total. The average molecular weight is 285 g/mol. The molecule has 1 unspecified atom stereocenters. The molecule has 0 fully saturated rings. The lowest BCUT2D eigenvalue weighted by molar-refractivity contribution is -0.138. The number of nitrogens with one attached hydrogen (secondary N) is 1. The Morgan fingerprint density at radius 1 is 1.42 bits per heavy atom. The van der Waals surface area contributed by atoms with Gasteiger partial charge in [0.05, 0.1) is 5.69 Å². The number of rotatable bonds is 7. The molecule has 0 aromatic carbocycles. The van der Waals surface area contributed by atoms with Crippen LogP contribution in [0.4, 0.5) is 5.13 Å². The van der Waals surface area contributed by atoms with Crippen LogP contribution in [-0.4, -0.2) is 22.6 Å². The molecular weight excluding hydrogens is 262 g/mol. The summed E-state index contributed by atoms with van der Waals surface area (Å²) in [6, 6.07) is -1.04. The second-order valence-electron chi connectivity index (χ2n) is 5.43. The number of aliphatic carboxylic acids is 1. The Hall–Kier alpha value is -1.14. The number of carboxylic acids is 1. The Kier molecular flexibility index (Phi) is 5.75. The van der Waals surface area contributed by atoms with E-state index in [-0.39, 0.29) is 0 Å². The van der Waals surface area contributed by atoms with E-state index in [0.29, 0.717) is 23.4 Å². The van der Waals surface area contributed by atoms with Crippen LogP contribution in [0.3, 0.4) is 0 Å². The van der Waals surface area contributed by atoms with Crippen molar-refractivity contribution in [1.29, 1.82) is 0 Å². The molecule has 108 valence electrons. The molecule has 0 spiro atoms. The van der Waals surface area contributed by atoms with Gasteiger partial charge < -0.3 is 16.2 Å². The van der Waals surface area contributed by atoms with Crippen LogP contribution < -0.4 is 11.1 Å². The number of hydrogen-bond acceptors (Lipinski definition) is 5. The molecule has 1 atom stereocenters. The SMILES string of the molecule is CC(C)C(CNc1nc(C(N)C(=O)O)cs1)C(C)C. The lowest BCUT2D eigenvalue weighted by Gasteiger charge is -2.24. The molecule has 0 saturated carbocycles. The molecule has 0 amide bonds. The fraction of sp³-hybridized carbons (Fsp3) is 0.692. The molecule has 1 aromatic heterocycles. The van der Waals surface area contributed by atoms with Crippen molar-refractivity contribution in [3.05, 3.63) is 11.1 Å². The van der Waals surface area contributed by atoms with Crippen molar-refractivity contribution in [3.8, 4) is 0 Å². The third-order valence-corrected chi connectivity index (χ3v) is 4.13. The average Bonchev–Trinajstić information content (AvgIpc) is 2.75. The first-order valence-electron chi connectivity index (χ1n) is 6.50. The van der Waals surface area contributed by atoms with Crippen LogP contribution in [0.2, 0.25) is 0 Å². The molecule has 0 aliphatic heterocycles. The minimum absolute atomic E-state index is 0.408. The minimum Gasteiger partial charge on any atom is -0.480 e. The van der Waals surface area contributed by atoms with Gasteiger partial charge in [0.15, 0.2) is 5.13 Å².